The molecule has 0 aliphatic carbocycles. The molecule has 0 fully saturated rings. The number of amides is 1. The third-order valence-corrected chi connectivity index (χ3v) is 3.90. The van der Waals surface area contributed by atoms with E-state index in [1.54, 1.807) is 18.5 Å². The van der Waals surface area contributed by atoms with Gasteiger partial charge in [0.05, 0.1) is 21.3 Å². The summed E-state index contributed by atoms with van der Waals surface area (Å²) in [7, 11) is 0. The third kappa shape index (κ3) is 2.57. The monoisotopic (exact) mass is 301 g/mol. The minimum absolute atomic E-state index is 0.0584. The van der Waals surface area contributed by atoms with E-state index in [0.717, 1.165) is 10.2 Å². The highest BCUT2D eigenvalue weighted by atomic mass is 32.1. The molecule has 0 saturated heterocycles. The van der Waals surface area contributed by atoms with Gasteiger partial charge in [0.25, 0.3) is 5.91 Å². The molecule has 2 aromatic carbocycles. The molecule has 0 aliphatic rings. The second-order valence-corrected chi connectivity index (χ2v) is 5.57. The van der Waals surface area contributed by atoms with Crippen molar-refractivity contribution in [2.45, 2.75) is 6.92 Å². The quantitative estimate of drug-likeness (QED) is 0.711. The van der Waals surface area contributed by atoms with Crippen LogP contribution in [0.2, 0.25) is 0 Å². The number of thiazole rings is 1. The van der Waals surface area contributed by atoms with Crippen LogP contribution >= 0.6 is 11.3 Å². The van der Waals surface area contributed by atoms with Crippen LogP contribution in [0.5, 0.6) is 0 Å². The third-order valence-electron chi connectivity index (χ3n) is 3.11. The van der Waals surface area contributed by atoms with Crippen LogP contribution in [-0.4, -0.2) is 10.9 Å². The number of carbonyl (C=O) groups is 1. The molecule has 0 radical (unpaired) electrons. The Labute approximate surface area is 124 Å². The maximum Gasteiger partial charge on any atom is 0.258 e. The molecule has 0 unspecified atom stereocenters. The highest BCUT2D eigenvalue weighted by Gasteiger charge is 2.15. The van der Waals surface area contributed by atoms with Gasteiger partial charge in [-0.05, 0) is 42.8 Å². The lowest BCUT2D eigenvalue weighted by atomic mass is 10.1. The van der Waals surface area contributed by atoms with Crippen molar-refractivity contribution in [2.75, 3.05) is 11.1 Å². The van der Waals surface area contributed by atoms with Gasteiger partial charge in [-0.15, -0.1) is 11.3 Å². The fourth-order valence-corrected chi connectivity index (χ4v) is 2.81. The van der Waals surface area contributed by atoms with E-state index in [1.807, 2.05) is 12.1 Å². The van der Waals surface area contributed by atoms with Crippen LogP contribution < -0.4 is 11.1 Å². The van der Waals surface area contributed by atoms with Gasteiger partial charge in [0.2, 0.25) is 0 Å². The molecule has 4 nitrogen and oxygen atoms in total. The number of anilines is 2. The van der Waals surface area contributed by atoms with E-state index in [0.29, 0.717) is 16.9 Å². The molecule has 106 valence electrons. The first-order valence-electron chi connectivity index (χ1n) is 6.25. The maximum absolute atomic E-state index is 14.0. The number of aryl methyl sites for hydroxylation is 1. The van der Waals surface area contributed by atoms with Gasteiger partial charge in [0.15, 0.2) is 0 Å². The first-order chi connectivity index (χ1) is 10.0. The number of fused-ring (bicyclic) bond motifs is 1. The van der Waals surface area contributed by atoms with E-state index >= 15 is 0 Å². The summed E-state index contributed by atoms with van der Waals surface area (Å²) in [5.41, 5.74) is 9.50. The summed E-state index contributed by atoms with van der Waals surface area (Å²) in [5.74, 6) is -1.08. The number of nitrogens with one attached hydrogen (secondary N) is 1. The Balaban J connectivity index is 1.92. The van der Waals surface area contributed by atoms with E-state index in [9.17, 15) is 9.18 Å². The second kappa shape index (κ2) is 5.14. The number of nitrogens with two attached hydrogens (primary N) is 1. The van der Waals surface area contributed by atoms with Gasteiger partial charge >= 0.3 is 0 Å². The normalized spacial score (nSPS) is 10.8. The van der Waals surface area contributed by atoms with Crippen LogP contribution in [0.1, 0.15) is 15.9 Å². The summed E-state index contributed by atoms with van der Waals surface area (Å²) in [5, 5.41) is 2.68. The number of hydrogen-bond acceptors (Lipinski definition) is 4. The molecule has 21 heavy (non-hydrogen) atoms. The first kappa shape index (κ1) is 13.5. The van der Waals surface area contributed by atoms with Gasteiger partial charge in [-0.1, -0.05) is 0 Å². The Bertz CT molecular complexity index is 844. The summed E-state index contributed by atoms with van der Waals surface area (Å²) < 4.78 is 15.0. The number of hydrogen-bond donors (Lipinski definition) is 2. The van der Waals surface area contributed by atoms with Crippen molar-refractivity contribution in [2.24, 2.45) is 0 Å². The molecule has 3 aromatic rings. The molecule has 1 heterocycles. The molecule has 0 aliphatic heterocycles. The Morgan fingerprint density at radius 2 is 2.14 bits per heavy atom. The van der Waals surface area contributed by atoms with Crippen molar-refractivity contribution in [3.63, 3.8) is 0 Å². The number of aromatic nitrogens is 1. The summed E-state index contributed by atoms with van der Waals surface area (Å²) in [4.78, 5) is 16.4. The van der Waals surface area contributed by atoms with Crippen molar-refractivity contribution < 1.29 is 9.18 Å². The standard InChI is InChI=1S/C15H12FN3OS/c1-8-4-9(17)5-11(14(8)16)15(20)19-10-2-3-12-13(6-10)21-7-18-12/h2-7H,17H2,1H3,(H,19,20). The van der Waals surface area contributed by atoms with Gasteiger partial charge < -0.3 is 11.1 Å². The Morgan fingerprint density at radius 1 is 1.33 bits per heavy atom. The lowest BCUT2D eigenvalue weighted by molar-refractivity contribution is 0.102. The van der Waals surface area contributed by atoms with E-state index in [2.05, 4.69) is 10.3 Å². The number of carbonyl (C=O) groups excluding carboxylic acids is 1. The Hall–Kier alpha value is -2.47. The Morgan fingerprint density at radius 3 is 2.95 bits per heavy atom. The average molecular weight is 301 g/mol. The predicted molar refractivity (Wildman–Crippen MR) is 83.1 cm³/mol. The van der Waals surface area contributed by atoms with E-state index in [-0.39, 0.29) is 5.56 Å². The van der Waals surface area contributed by atoms with Crippen LogP contribution in [0.25, 0.3) is 10.2 Å². The second-order valence-electron chi connectivity index (χ2n) is 4.69. The van der Waals surface area contributed by atoms with Gasteiger partial charge in [-0.25, -0.2) is 9.37 Å². The first-order valence-corrected chi connectivity index (χ1v) is 7.13. The van der Waals surface area contributed by atoms with Crippen LogP contribution in [0.3, 0.4) is 0 Å². The molecular formula is C15H12FN3OS. The van der Waals surface area contributed by atoms with Crippen LogP contribution in [0, 0.1) is 12.7 Å². The van der Waals surface area contributed by atoms with Crippen molar-refractivity contribution in [1.82, 2.24) is 4.98 Å². The summed E-state index contributed by atoms with van der Waals surface area (Å²) in [6, 6.07) is 8.18. The highest BCUT2D eigenvalue weighted by molar-refractivity contribution is 7.16. The predicted octanol–water partition coefficient (Wildman–Crippen LogP) is 3.58. The number of nitrogen functional groups attached to an aromatic ring is 1. The molecule has 0 saturated carbocycles. The average Bonchev–Trinajstić information content (AvgIpc) is 2.90. The van der Waals surface area contributed by atoms with Crippen LogP contribution in [0.4, 0.5) is 15.8 Å². The lowest BCUT2D eigenvalue weighted by Crippen LogP contribution is -2.15. The molecule has 0 spiro atoms. The van der Waals surface area contributed by atoms with E-state index < -0.39 is 11.7 Å². The molecule has 1 aromatic heterocycles. The van der Waals surface area contributed by atoms with Crippen LogP contribution in [-0.2, 0) is 0 Å². The molecular weight excluding hydrogens is 289 g/mol. The number of nitrogens with zero attached hydrogens (tertiary/aromatic N) is 1. The fourth-order valence-electron chi connectivity index (χ4n) is 2.09. The molecule has 0 atom stereocenters. The van der Waals surface area contributed by atoms with E-state index in [4.69, 9.17) is 5.73 Å². The molecule has 6 heteroatoms. The van der Waals surface area contributed by atoms with Crippen molar-refractivity contribution in [1.29, 1.82) is 0 Å². The molecule has 0 bridgehead atoms. The Kier molecular flexibility index (Phi) is 3.31. The number of benzene rings is 2. The molecule has 3 N–H and O–H groups in total. The number of halogens is 1. The maximum atomic E-state index is 14.0. The number of rotatable bonds is 2. The summed E-state index contributed by atoms with van der Waals surface area (Å²) in [6.07, 6.45) is 0. The SMILES string of the molecule is Cc1cc(N)cc(C(=O)Nc2ccc3ncsc3c2)c1F. The lowest BCUT2D eigenvalue weighted by Gasteiger charge is -2.09. The minimum Gasteiger partial charge on any atom is -0.399 e. The van der Waals surface area contributed by atoms with Crippen molar-refractivity contribution >= 4 is 38.8 Å². The van der Waals surface area contributed by atoms with Crippen molar-refractivity contribution in [3.05, 3.63) is 52.8 Å². The zero-order valence-electron chi connectivity index (χ0n) is 11.2. The smallest absolute Gasteiger partial charge is 0.258 e. The topological polar surface area (TPSA) is 68.0 Å². The zero-order valence-corrected chi connectivity index (χ0v) is 12.0. The molecule has 3 rings (SSSR count). The fraction of sp³-hybridized carbons (Fsp3) is 0.0667. The summed E-state index contributed by atoms with van der Waals surface area (Å²) in [6.45, 7) is 1.58. The van der Waals surface area contributed by atoms with Gasteiger partial charge in [-0.2, -0.15) is 0 Å². The minimum atomic E-state index is -0.555. The van der Waals surface area contributed by atoms with Crippen molar-refractivity contribution in [3.8, 4) is 0 Å². The van der Waals surface area contributed by atoms with Gasteiger partial charge in [0, 0.05) is 11.4 Å². The zero-order chi connectivity index (χ0) is 15.0. The molecule has 1 amide bonds. The highest BCUT2D eigenvalue weighted by Crippen LogP contribution is 2.23. The summed E-state index contributed by atoms with van der Waals surface area (Å²) >= 11 is 1.48. The van der Waals surface area contributed by atoms with Crippen LogP contribution in [0.15, 0.2) is 35.8 Å². The van der Waals surface area contributed by atoms with Gasteiger partial charge in [-0.3, -0.25) is 4.79 Å². The largest absolute Gasteiger partial charge is 0.399 e. The van der Waals surface area contributed by atoms with E-state index in [1.165, 1.54) is 23.5 Å². The van der Waals surface area contributed by atoms with Gasteiger partial charge in [0.1, 0.15) is 5.82 Å².